The average molecular weight is 282 g/mol. The summed E-state index contributed by atoms with van der Waals surface area (Å²) in [5, 5.41) is 0. The molecule has 0 aliphatic carbocycles. The summed E-state index contributed by atoms with van der Waals surface area (Å²) in [5.41, 5.74) is 10.6. The summed E-state index contributed by atoms with van der Waals surface area (Å²) in [4.78, 5) is 2.36. The van der Waals surface area contributed by atoms with Gasteiger partial charge in [0.2, 0.25) is 0 Å². The van der Waals surface area contributed by atoms with Gasteiger partial charge in [-0.15, -0.1) is 0 Å². The van der Waals surface area contributed by atoms with E-state index in [1.54, 1.807) is 0 Å². The fraction of sp³-hybridized carbons (Fsp3) is 0.333. The van der Waals surface area contributed by atoms with Gasteiger partial charge in [-0.3, -0.25) is 0 Å². The average Bonchev–Trinajstić information content (AvgIpc) is 2.95. The smallest absolute Gasteiger partial charge is 0.122 e. The molecule has 1 aliphatic heterocycles. The second kappa shape index (κ2) is 6.08. The number of anilines is 2. The molecule has 1 heterocycles. The van der Waals surface area contributed by atoms with Crippen molar-refractivity contribution in [3.05, 3.63) is 53.6 Å². The van der Waals surface area contributed by atoms with Gasteiger partial charge in [-0.25, -0.2) is 0 Å². The van der Waals surface area contributed by atoms with Crippen molar-refractivity contribution < 1.29 is 4.74 Å². The Morgan fingerprint density at radius 1 is 1.19 bits per heavy atom. The minimum atomic E-state index is 0.820. The Morgan fingerprint density at radius 2 is 2.10 bits per heavy atom. The fourth-order valence-corrected chi connectivity index (χ4v) is 2.85. The Hall–Kier alpha value is -2.16. The predicted molar refractivity (Wildman–Crippen MR) is 88.1 cm³/mol. The lowest BCUT2D eigenvalue weighted by molar-refractivity contribution is 0.357. The molecule has 1 aliphatic rings. The number of nitrogen functional groups attached to an aromatic ring is 1. The van der Waals surface area contributed by atoms with Crippen molar-refractivity contribution in [1.82, 2.24) is 0 Å². The van der Waals surface area contributed by atoms with Crippen LogP contribution in [0.25, 0.3) is 0 Å². The molecule has 110 valence electrons. The van der Waals surface area contributed by atoms with Crippen molar-refractivity contribution in [2.45, 2.75) is 19.8 Å². The molecule has 0 atom stereocenters. The molecule has 2 aromatic carbocycles. The van der Waals surface area contributed by atoms with Gasteiger partial charge in [0.1, 0.15) is 5.75 Å². The van der Waals surface area contributed by atoms with Crippen LogP contribution < -0.4 is 15.4 Å². The molecule has 0 saturated carbocycles. The van der Waals surface area contributed by atoms with Gasteiger partial charge in [0, 0.05) is 30.9 Å². The van der Waals surface area contributed by atoms with Crippen LogP contribution >= 0.6 is 0 Å². The molecular weight excluding hydrogens is 260 g/mol. The molecule has 3 nitrogen and oxygen atoms in total. The second-order valence-electron chi connectivity index (χ2n) is 5.47. The van der Waals surface area contributed by atoms with Gasteiger partial charge in [-0.2, -0.15) is 0 Å². The van der Waals surface area contributed by atoms with E-state index in [1.165, 1.54) is 16.8 Å². The van der Waals surface area contributed by atoms with Crippen LogP contribution in [0.4, 0.5) is 11.4 Å². The van der Waals surface area contributed by atoms with Crippen LogP contribution in [0, 0.1) is 0 Å². The zero-order valence-electron chi connectivity index (χ0n) is 12.5. The molecule has 2 aromatic rings. The highest BCUT2D eigenvalue weighted by molar-refractivity contribution is 5.56. The molecule has 2 N–H and O–H groups in total. The maximum Gasteiger partial charge on any atom is 0.122 e. The van der Waals surface area contributed by atoms with E-state index in [9.17, 15) is 0 Å². The summed E-state index contributed by atoms with van der Waals surface area (Å²) in [6, 6.07) is 14.7. The Morgan fingerprint density at radius 3 is 2.90 bits per heavy atom. The Balaban J connectivity index is 1.68. The number of ether oxygens (including phenoxy) is 1. The first-order valence-electron chi connectivity index (χ1n) is 7.61. The molecular formula is C18H22N2O. The first-order chi connectivity index (χ1) is 10.3. The summed E-state index contributed by atoms with van der Waals surface area (Å²) in [6.45, 7) is 4.99. The standard InChI is InChI=1S/C18H22N2O/c1-2-20(17-5-3-4-16(19)13-17)10-8-14-6-7-18-15(12-14)9-11-21-18/h3-7,12-13H,2,8-11,19H2,1H3. The third-order valence-corrected chi connectivity index (χ3v) is 4.04. The molecule has 0 saturated heterocycles. The molecule has 21 heavy (non-hydrogen) atoms. The molecule has 0 amide bonds. The number of benzene rings is 2. The topological polar surface area (TPSA) is 38.5 Å². The summed E-state index contributed by atoms with van der Waals surface area (Å²) in [5.74, 6) is 1.06. The highest BCUT2D eigenvalue weighted by Gasteiger charge is 2.12. The van der Waals surface area contributed by atoms with Crippen LogP contribution in [0.15, 0.2) is 42.5 Å². The number of likely N-dealkylation sites (N-methyl/N-ethyl adjacent to an activating group) is 1. The van der Waals surface area contributed by atoms with Gasteiger partial charge in [-0.05, 0) is 48.7 Å². The van der Waals surface area contributed by atoms with E-state index in [-0.39, 0.29) is 0 Å². The molecule has 0 aromatic heterocycles. The lowest BCUT2D eigenvalue weighted by Gasteiger charge is -2.23. The van der Waals surface area contributed by atoms with Crippen LogP contribution in [-0.2, 0) is 12.8 Å². The summed E-state index contributed by atoms with van der Waals surface area (Å²) in [7, 11) is 0. The first kappa shape index (κ1) is 13.8. The van der Waals surface area contributed by atoms with Crippen LogP contribution in [0.1, 0.15) is 18.1 Å². The van der Waals surface area contributed by atoms with Gasteiger partial charge in [0.15, 0.2) is 0 Å². The Kier molecular flexibility index (Phi) is 4.00. The van der Waals surface area contributed by atoms with Crippen molar-refractivity contribution in [3.63, 3.8) is 0 Å². The fourth-order valence-electron chi connectivity index (χ4n) is 2.85. The zero-order valence-corrected chi connectivity index (χ0v) is 12.5. The third kappa shape index (κ3) is 3.13. The summed E-state index contributed by atoms with van der Waals surface area (Å²) < 4.78 is 5.56. The zero-order chi connectivity index (χ0) is 14.7. The first-order valence-corrected chi connectivity index (χ1v) is 7.61. The van der Waals surface area contributed by atoms with Crippen molar-refractivity contribution in [3.8, 4) is 5.75 Å². The van der Waals surface area contributed by atoms with E-state index in [0.717, 1.165) is 44.0 Å². The maximum atomic E-state index is 5.88. The number of hydrogen-bond donors (Lipinski definition) is 1. The number of nitrogens with two attached hydrogens (primary N) is 1. The normalized spacial score (nSPS) is 12.8. The van der Waals surface area contributed by atoms with Crippen LogP contribution in [0.3, 0.4) is 0 Å². The van der Waals surface area contributed by atoms with Gasteiger partial charge in [-0.1, -0.05) is 18.2 Å². The number of fused-ring (bicyclic) bond motifs is 1. The van der Waals surface area contributed by atoms with E-state index in [0.29, 0.717) is 0 Å². The highest BCUT2D eigenvalue weighted by Crippen LogP contribution is 2.26. The van der Waals surface area contributed by atoms with Gasteiger partial charge in [0.05, 0.1) is 6.61 Å². The molecule has 0 fully saturated rings. The minimum Gasteiger partial charge on any atom is -0.493 e. The number of hydrogen-bond acceptors (Lipinski definition) is 3. The summed E-state index contributed by atoms with van der Waals surface area (Å²) in [6.07, 6.45) is 2.08. The van der Waals surface area contributed by atoms with Gasteiger partial charge < -0.3 is 15.4 Å². The SMILES string of the molecule is CCN(CCc1ccc2c(c1)CCO2)c1cccc(N)c1. The Bertz CT molecular complexity index is 624. The quantitative estimate of drug-likeness (QED) is 0.855. The van der Waals surface area contributed by atoms with E-state index >= 15 is 0 Å². The molecule has 0 unspecified atom stereocenters. The van der Waals surface area contributed by atoms with Crippen molar-refractivity contribution >= 4 is 11.4 Å². The van der Waals surface area contributed by atoms with Crippen molar-refractivity contribution in [1.29, 1.82) is 0 Å². The van der Waals surface area contributed by atoms with Crippen LogP contribution in [-0.4, -0.2) is 19.7 Å². The lowest BCUT2D eigenvalue weighted by Crippen LogP contribution is -2.25. The van der Waals surface area contributed by atoms with Gasteiger partial charge in [0.25, 0.3) is 0 Å². The van der Waals surface area contributed by atoms with Crippen molar-refractivity contribution in [2.75, 3.05) is 30.3 Å². The van der Waals surface area contributed by atoms with E-state index in [2.05, 4.69) is 36.1 Å². The van der Waals surface area contributed by atoms with E-state index in [4.69, 9.17) is 10.5 Å². The van der Waals surface area contributed by atoms with E-state index in [1.807, 2.05) is 18.2 Å². The van der Waals surface area contributed by atoms with Crippen LogP contribution in [0.5, 0.6) is 5.75 Å². The van der Waals surface area contributed by atoms with Crippen LogP contribution in [0.2, 0.25) is 0 Å². The third-order valence-electron chi connectivity index (χ3n) is 4.04. The summed E-state index contributed by atoms with van der Waals surface area (Å²) >= 11 is 0. The molecule has 0 radical (unpaired) electrons. The minimum absolute atomic E-state index is 0.820. The molecule has 0 spiro atoms. The van der Waals surface area contributed by atoms with E-state index < -0.39 is 0 Å². The molecule has 3 rings (SSSR count). The second-order valence-corrected chi connectivity index (χ2v) is 5.47. The lowest BCUT2D eigenvalue weighted by atomic mass is 10.1. The maximum absolute atomic E-state index is 5.88. The Labute approximate surface area is 126 Å². The monoisotopic (exact) mass is 282 g/mol. The number of rotatable bonds is 5. The highest BCUT2D eigenvalue weighted by atomic mass is 16.5. The molecule has 3 heteroatoms. The molecule has 0 bridgehead atoms. The number of nitrogens with zero attached hydrogens (tertiary/aromatic N) is 1. The predicted octanol–water partition coefficient (Wildman–Crippen LogP) is 3.27. The van der Waals surface area contributed by atoms with Gasteiger partial charge >= 0.3 is 0 Å². The van der Waals surface area contributed by atoms with Crippen molar-refractivity contribution in [2.24, 2.45) is 0 Å². The largest absolute Gasteiger partial charge is 0.493 e.